The first-order valence-corrected chi connectivity index (χ1v) is 7.86. The lowest BCUT2D eigenvalue weighted by Crippen LogP contribution is -1.97. The molecule has 0 fully saturated rings. The van der Waals surface area contributed by atoms with Crippen LogP contribution in [0.25, 0.3) is 0 Å². The van der Waals surface area contributed by atoms with Crippen molar-refractivity contribution in [1.82, 2.24) is 0 Å². The van der Waals surface area contributed by atoms with Crippen molar-refractivity contribution in [3.63, 3.8) is 0 Å². The predicted molar refractivity (Wildman–Crippen MR) is 94.1 cm³/mol. The highest BCUT2D eigenvalue weighted by Crippen LogP contribution is 2.16. The lowest BCUT2D eigenvalue weighted by Gasteiger charge is -2.01. The molecule has 0 spiro atoms. The standard InChI is InChI=1S/C18H14N2O2S/c21-19(15-7-3-1-4-8-15)13-17-11-12-18(23-17)14-20(22)16-9-5-2-6-10-16/h1-14H/b19-13-,20-14-. The third kappa shape index (κ3) is 3.84. The Morgan fingerprint density at radius 1 is 0.609 bits per heavy atom. The molecule has 0 aliphatic carbocycles. The predicted octanol–water partition coefficient (Wildman–Crippen LogP) is 4.27. The van der Waals surface area contributed by atoms with Crippen molar-refractivity contribution in [2.24, 2.45) is 0 Å². The molecule has 0 radical (unpaired) electrons. The van der Waals surface area contributed by atoms with Crippen molar-refractivity contribution in [3.8, 4) is 0 Å². The smallest absolute Gasteiger partial charge is 0.216 e. The second-order valence-electron chi connectivity index (χ2n) is 4.82. The van der Waals surface area contributed by atoms with Crippen molar-refractivity contribution in [1.29, 1.82) is 0 Å². The largest absolute Gasteiger partial charge is 0.618 e. The Kier molecular flexibility index (Phi) is 4.49. The van der Waals surface area contributed by atoms with E-state index in [1.807, 2.05) is 48.5 Å². The van der Waals surface area contributed by atoms with E-state index in [1.54, 1.807) is 24.3 Å². The van der Waals surface area contributed by atoms with E-state index in [2.05, 4.69) is 0 Å². The minimum absolute atomic E-state index is 0.571. The van der Waals surface area contributed by atoms with Crippen molar-refractivity contribution in [2.45, 2.75) is 0 Å². The summed E-state index contributed by atoms with van der Waals surface area (Å²) in [6, 6.07) is 21.6. The lowest BCUT2D eigenvalue weighted by atomic mass is 10.3. The molecule has 5 heteroatoms. The topological polar surface area (TPSA) is 52.1 Å². The van der Waals surface area contributed by atoms with Crippen LogP contribution in [-0.4, -0.2) is 21.9 Å². The van der Waals surface area contributed by atoms with E-state index in [4.69, 9.17) is 0 Å². The van der Waals surface area contributed by atoms with Gasteiger partial charge in [-0.25, -0.2) is 0 Å². The van der Waals surface area contributed by atoms with Crippen LogP contribution in [-0.2, 0) is 0 Å². The molecule has 1 heterocycles. The number of para-hydroxylation sites is 2. The maximum Gasteiger partial charge on any atom is 0.216 e. The molecule has 3 rings (SSSR count). The third-order valence-electron chi connectivity index (χ3n) is 3.16. The Hall–Kier alpha value is -2.92. The average molecular weight is 322 g/mol. The first-order chi connectivity index (χ1) is 11.2. The monoisotopic (exact) mass is 322 g/mol. The molecule has 0 aliphatic heterocycles. The highest BCUT2D eigenvalue weighted by molar-refractivity contribution is 7.15. The molecule has 4 nitrogen and oxygen atoms in total. The molecule has 0 amide bonds. The molecular weight excluding hydrogens is 308 g/mol. The SMILES string of the molecule is [O-]/[N+](=C\c1ccc(/C=[N+](\[O-])c2ccccc2)s1)c1ccccc1. The molecule has 0 saturated carbocycles. The van der Waals surface area contributed by atoms with E-state index in [-0.39, 0.29) is 0 Å². The Morgan fingerprint density at radius 3 is 1.39 bits per heavy atom. The summed E-state index contributed by atoms with van der Waals surface area (Å²) in [4.78, 5) is 1.58. The van der Waals surface area contributed by atoms with Crippen molar-refractivity contribution >= 4 is 35.1 Å². The fourth-order valence-electron chi connectivity index (χ4n) is 2.04. The Balaban J connectivity index is 1.81. The van der Waals surface area contributed by atoms with Crippen molar-refractivity contribution in [3.05, 3.63) is 93.0 Å². The van der Waals surface area contributed by atoms with Crippen LogP contribution < -0.4 is 0 Å². The van der Waals surface area contributed by atoms with Gasteiger partial charge in [-0.2, -0.15) is 9.48 Å². The molecule has 0 saturated heterocycles. The van der Waals surface area contributed by atoms with Gasteiger partial charge >= 0.3 is 0 Å². The van der Waals surface area contributed by atoms with Gasteiger partial charge in [0.15, 0.2) is 12.4 Å². The molecular formula is C18H14N2O2S. The zero-order valence-electron chi connectivity index (χ0n) is 12.2. The highest BCUT2D eigenvalue weighted by atomic mass is 32.1. The van der Waals surface area contributed by atoms with Gasteiger partial charge in [-0.1, -0.05) is 36.4 Å². The third-order valence-corrected chi connectivity index (χ3v) is 4.11. The van der Waals surface area contributed by atoms with Gasteiger partial charge in [0.1, 0.15) is 0 Å². The van der Waals surface area contributed by atoms with Gasteiger partial charge in [0.05, 0.1) is 9.75 Å². The summed E-state index contributed by atoms with van der Waals surface area (Å²) < 4.78 is 1.64. The first-order valence-electron chi connectivity index (χ1n) is 7.05. The quantitative estimate of drug-likeness (QED) is 0.312. The normalized spacial score (nSPS) is 12.3. The molecule has 0 N–H and O–H groups in total. The summed E-state index contributed by atoms with van der Waals surface area (Å²) in [7, 11) is 0. The van der Waals surface area contributed by atoms with E-state index in [0.717, 1.165) is 19.2 Å². The molecule has 0 unspecified atom stereocenters. The number of hydrogen-bond donors (Lipinski definition) is 0. The first kappa shape index (κ1) is 15.0. The molecule has 1 aromatic heterocycles. The Labute approximate surface area is 138 Å². The lowest BCUT2D eigenvalue weighted by molar-refractivity contribution is -0.354. The zero-order valence-corrected chi connectivity index (χ0v) is 13.0. The van der Waals surface area contributed by atoms with Gasteiger partial charge in [-0.15, -0.1) is 11.3 Å². The average Bonchev–Trinajstić information content (AvgIpc) is 3.03. The van der Waals surface area contributed by atoms with Crippen LogP contribution in [0, 0.1) is 10.4 Å². The molecule has 23 heavy (non-hydrogen) atoms. The molecule has 0 bridgehead atoms. The van der Waals surface area contributed by atoms with Crippen molar-refractivity contribution in [2.75, 3.05) is 0 Å². The molecule has 0 atom stereocenters. The molecule has 114 valence electrons. The fourth-order valence-corrected chi connectivity index (χ4v) is 2.88. The minimum atomic E-state index is 0.571. The van der Waals surface area contributed by atoms with Crippen LogP contribution in [0.2, 0.25) is 0 Å². The van der Waals surface area contributed by atoms with Gasteiger partial charge < -0.3 is 10.4 Å². The second-order valence-corrected chi connectivity index (χ2v) is 5.97. The number of hydrogen-bond acceptors (Lipinski definition) is 3. The van der Waals surface area contributed by atoms with Crippen LogP contribution in [0.3, 0.4) is 0 Å². The van der Waals surface area contributed by atoms with Gasteiger partial charge in [-0.3, -0.25) is 0 Å². The second kappa shape index (κ2) is 6.89. The number of benzene rings is 2. The van der Waals surface area contributed by atoms with Crippen molar-refractivity contribution < 1.29 is 9.48 Å². The van der Waals surface area contributed by atoms with Gasteiger partial charge in [-0.05, 0) is 12.1 Å². The summed E-state index contributed by atoms with van der Waals surface area (Å²) in [5.41, 5.74) is 1.14. The van der Waals surface area contributed by atoms with E-state index in [0.29, 0.717) is 11.4 Å². The van der Waals surface area contributed by atoms with E-state index >= 15 is 0 Å². The summed E-state index contributed by atoms with van der Waals surface area (Å²) in [5, 5.41) is 24.1. The van der Waals surface area contributed by atoms with Crippen LogP contribution in [0.1, 0.15) is 9.75 Å². The molecule has 3 aromatic rings. The van der Waals surface area contributed by atoms with Gasteiger partial charge in [0, 0.05) is 24.3 Å². The summed E-state index contributed by atoms with van der Waals surface area (Å²) in [5.74, 6) is 0. The minimum Gasteiger partial charge on any atom is -0.618 e. The summed E-state index contributed by atoms with van der Waals surface area (Å²) in [6.07, 6.45) is 3.02. The van der Waals surface area contributed by atoms with E-state index in [9.17, 15) is 10.4 Å². The summed E-state index contributed by atoms with van der Waals surface area (Å²) in [6.45, 7) is 0. The maximum absolute atomic E-state index is 12.1. The van der Waals surface area contributed by atoms with Crippen LogP contribution in [0.5, 0.6) is 0 Å². The van der Waals surface area contributed by atoms with E-state index in [1.165, 1.54) is 23.8 Å². The van der Waals surface area contributed by atoms with Crippen LogP contribution >= 0.6 is 11.3 Å². The Bertz CT molecular complexity index is 770. The highest BCUT2D eigenvalue weighted by Gasteiger charge is 2.06. The number of nitrogens with zero attached hydrogens (tertiary/aromatic N) is 2. The summed E-state index contributed by atoms with van der Waals surface area (Å²) >= 11 is 1.38. The van der Waals surface area contributed by atoms with Gasteiger partial charge in [0.25, 0.3) is 0 Å². The van der Waals surface area contributed by atoms with Gasteiger partial charge in [0.2, 0.25) is 11.4 Å². The Morgan fingerprint density at radius 2 is 1.00 bits per heavy atom. The zero-order chi connectivity index (χ0) is 16.1. The van der Waals surface area contributed by atoms with E-state index < -0.39 is 0 Å². The number of rotatable bonds is 4. The fraction of sp³-hybridized carbons (Fsp3) is 0. The maximum atomic E-state index is 12.1. The number of thiophene rings is 1. The van der Waals surface area contributed by atoms with Crippen LogP contribution in [0.4, 0.5) is 11.4 Å². The van der Waals surface area contributed by atoms with Crippen LogP contribution in [0.15, 0.2) is 72.8 Å². The molecule has 0 aliphatic rings. The molecule has 2 aromatic carbocycles.